The molecule has 126 valence electrons. The Kier molecular flexibility index (Phi) is 4.74. The van der Waals surface area contributed by atoms with Crippen LogP contribution in [-0.2, 0) is 4.79 Å². The Hall–Kier alpha value is -2.89. The summed E-state index contributed by atoms with van der Waals surface area (Å²) in [4.78, 5) is 12.4. The molecule has 2 N–H and O–H groups in total. The summed E-state index contributed by atoms with van der Waals surface area (Å²) in [5.74, 6) is 1.87. The lowest BCUT2D eigenvalue weighted by molar-refractivity contribution is -0.116. The van der Waals surface area contributed by atoms with Gasteiger partial charge in [0, 0.05) is 11.8 Å². The quantitative estimate of drug-likeness (QED) is 0.883. The van der Waals surface area contributed by atoms with E-state index in [4.69, 9.17) is 14.2 Å². The first-order valence-corrected chi connectivity index (χ1v) is 7.77. The summed E-state index contributed by atoms with van der Waals surface area (Å²) in [7, 11) is 1.57. The van der Waals surface area contributed by atoms with E-state index >= 15 is 0 Å². The molecular formula is C18H20N2O4. The van der Waals surface area contributed by atoms with Gasteiger partial charge in [-0.25, -0.2) is 0 Å². The van der Waals surface area contributed by atoms with Crippen molar-refractivity contribution in [1.82, 2.24) is 0 Å². The van der Waals surface area contributed by atoms with Gasteiger partial charge in [0.15, 0.2) is 11.5 Å². The summed E-state index contributed by atoms with van der Waals surface area (Å²) >= 11 is 0. The maximum Gasteiger partial charge on any atom is 0.246 e. The van der Waals surface area contributed by atoms with Crippen molar-refractivity contribution in [3.05, 3.63) is 42.5 Å². The molecule has 2 aromatic carbocycles. The minimum Gasteiger partial charge on any atom is -0.495 e. The van der Waals surface area contributed by atoms with Crippen molar-refractivity contribution in [3.63, 3.8) is 0 Å². The molecule has 1 aliphatic rings. The van der Waals surface area contributed by atoms with Gasteiger partial charge >= 0.3 is 0 Å². The number of para-hydroxylation sites is 2. The van der Waals surface area contributed by atoms with Gasteiger partial charge in [0.25, 0.3) is 0 Å². The number of carbonyl (C=O) groups is 1. The number of hydrogen-bond acceptors (Lipinski definition) is 5. The molecule has 0 radical (unpaired) electrons. The van der Waals surface area contributed by atoms with E-state index in [1.54, 1.807) is 26.2 Å². The summed E-state index contributed by atoms with van der Waals surface area (Å²) in [5.41, 5.74) is 1.43. The SMILES string of the molecule is COc1ccccc1NC(=O)[C@@H](C)Nc1ccc2c(c1)OCCO2. The van der Waals surface area contributed by atoms with E-state index in [1.165, 1.54) is 0 Å². The molecule has 2 aromatic rings. The topological polar surface area (TPSA) is 68.8 Å². The van der Waals surface area contributed by atoms with E-state index in [9.17, 15) is 4.79 Å². The third-order valence-electron chi connectivity index (χ3n) is 3.68. The van der Waals surface area contributed by atoms with Gasteiger partial charge in [-0.15, -0.1) is 0 Å². The summed E-state index contributed by atoms with van der Waals surface area (Å²) in [6.45, 7) is 2.87. The molecule has 0 saturated carbocycles. The summed E-state index contributed by atoms with van der Waals surface area (Å²) in [5, 5.41) is 6.02. The van der Waals surface area contributed by atoms with Crippen molar-refractivity contribution in [3.8, 4) is 17.2 Å². The molecule has 6 heteroatoms. The van der Waals surface area contributed by atoms with E-state index in [0.29, 0.717) is 30.4 Å². The third kappa shape index (κ3) is 3.53. The van der Waals surface area contributed by atoms with Crippen LogP contribution >= 0.6 is 0 Å². The molecule has 0 saturated heterocycles. The van der Waals surface area contributed by atoms with E-state index in [2.05, 4.69) is 10.6 Å². The number of carbonyl (C=O) groups excluding carboxylic acids is 1. The predicted octanol–water partition coefficient (Wildman–Crippen LogP) is 2.91. The first-order chi connectivity index (χ1) is 11.7. The Morgan fingerprint density at radius 2 is 1.88 bits per heavy atom. The van der Waals surface area contributed by atoms with Crippen LogP contribution in [0.2, 0.25) is 0 Å². The Balaban J connectivity index is 1.66. The largest absolute Gasteiger partial charge is 0.495 e. The predicted molar refractivity (Wildman–Crippen MR) is 92.1 cm³/mol. The molecule has 1 atom stereocenters. The smallest absolute Gasteiger partial charge is 0.246 e. The molecule has 24 heavy (non-hydrogen) atoms. The minimum absolute atomic E-state index is 0.158. The van der Waals surface area contributed by atoms with Crippen molar-refractivity contribution in [2.45, 2.75) is 13.0 Å². The normalized spacial score (nSPS) is 13.8. The lowest BCUT2D eigenvalue weighted by Crippen LogP contribution is -2.32. The number of amides is 1. The number of anilines is 2. The Morgan fingerprint density at radius 3 is 2.67 bits per heavy atom. The van der Waals surface area contributed by atoms with Gasteiger partial charge < -0.3 is 24.8 Å². The Labute approximate surface area is 140 Å². The Bertz CT molecular complexity index is 733. The molecule has 1 amide bonds. The molecule has 6 nitrogen and oxygen atoms in total. The van der Waals surface area contributed by atoms with Crippen molar-refractivity contribution in [1.29, 1.82) is 0 Å². The zero-order valence-corrected chi connectivity index (χ0v) is 13.7. The van der Waals surface area contributed by atoms with Crippen molar-refractivity contribution < 1.29 is 19.0 Å². The molecule has 0 aromatic heterocycles. The molecule has 3 rings (SSSR count). The van der Waals surface area contributed by atoms with Crippen molar-refractivity contribution in [2.24, 2.45) is 0 Å². The zero-order chi connectivity index (χ0) is 16.9. The first kappa shape index (κ1) is 16.0. The maximum absolute atomic E-state index is 12.4. The number of hydrogen-bond donors (Lipinski definition) is 2. The van der Waals surface area contributed by atoms with E-state index in [-0.39, 0.29) is 5.91 Å². The van der Waals surface area contributed by atoms with Crippen LogP contribution in [0.5, 0.6) is 17.2 Å². The van der Waals surface area contributed by atoms with Crippen LogP contribution in [0.15, 0.2) is 42.5 Å². The molecule has 0 fully saturated rings. The lowest BCUT2D eigenvalue weighted by Gasteiger charge is -2.21. The number of ether oxygens (including phenoxy) is 3. The fraction of sp³-hybridized carbons (Fsp3) is 0.278. The first-order valence-electron chi connectivity index (χ1n) is 7.77. The highest BCUT2D eigenvalue weighted by Crippen LogP contribution is 2.32. The highest BCUT2D eigenvalue weighted by molar-refractivity contribution is 5.97. The van der Waals surface area contributed by atoms with Crippen LogP contribution in [0, 0.1) is 0 Å². The Morgan fingerprint density at radius 1 is 1.12 bits per heavy atom. The summed E-state index contributed by atoms with van der Waals surface area (Å²) in [6.07, 6.45) is 0. The molecule has 1 aliphatic heterocycles. The molecule has 0 spiro atoms. The average Bonchev–Trinajstić information content (AvgIpc) is 2.62. The molecule has 1 heterocycles. The minimum atomic E-state index is -0.433. The average molecular weight is 328 g/mol. The van der Waals surface area contributed by atoms with Crippen LogP contribution in [-0.4, -0.2) is 32.3 Å². The second-order valence-corrected chi connectivity index (χ2v) is 5.41. The lowest BCUT2D eigenvalue weighted by atomic mass is 10.2. The summed E-state index contributed by atoms with van der Waals surface area (Å²) in [6, 6.07) is 12.4. The van der Waals surface area contributed by atoms with Crippen LogP contribution in [0.25, 0.3) is 0 Å². The van der Waals surface area contributed by atoms with E-state index in [0.717, 1.165) is 11.4 Å². The number of benzene rings is 2. The van der Waals surface area contributed by atoms with Crippen LogP contribution < -0.4 is 24.8 Å². The fourth-order valence-corrected chi connectivity index (χ4v) is 2.44. The van der Waals surface area contributed by atoms with Gasteiger partial charge in [-0.05, 0) is 31.2 Å². The van der Waals surface area contributed by atoms with Gasteiger partial charge in [0.2, 0.25) is 5.91 Å². The third-order valence-corrected chi connectivity index (χ3v) is 3.68. The van der Waals surface area contributed by atoms with Crippen molar-refractivity contribution in [2.75, 3.05) is 31.0 Å². The van der Waals surface area contributed by atoms with E-state index in [1.807, 2.05) is 30.3 Å². The summed E-state index contributed by atoms with van der Waals surface area (Å²) < 4.78 is 16.3. The number of nitrogens with one attached hydrogen (secondary N) is 2. The monoisotopic (exact) mass is 328 g/mol. The van der Waals surface area contributed by atoms with Crippen LogP contribution in [0.3, 0.4) is 0 Å². The van der Waals surface area contributed by atoms with Gasteiger partial charge in [0.1, 0.15) is 25.0 Å². The molecular weight excluding hydrogens is 308 g/mol. The second-order valence-electron chi connectivity index (χ2n) is 5.41. The van der Waals surface area contributed by atoms with E-state index < -0.39 is 6.04 Å². The van der Waals surface area contributed by atoms with Gasteiger partial charge in [-0.1, -0.05) is 12.1 Å². The van der Waals surface area contributed by atoms with Gasteiger partial charge in [-0.2, -0.15) is 0 Å². The van der Waals surface area contributed by atoms with Crippen LogP contribution in [0.4, 0.5) is 11.4 Å². The molecule has 0 aliphatic carbocycles. The fourth-order valence-electron chi connectivity index (χ4n) is 2.44. The number of methoxy groups -OCH3 is 1. The highest BCUT2D eigenvalue weighted by atomic mass is 16.6. The standard InChI is InChI=1S/C18H20N2O4/c1-12(18(21)20-14-5-3-4-6-15(14)22-2)19-13-7-8-16-17(11-13)24-10-9-23-16/h3-8,11-12,19H,9-10H2,1-2H3,(H,20,21)/t12-/m1/s1. The molecule has 0 bridgehead atoms. The van der Waals surface area contributed by atoms with Gasteiger partial charge in [-0.3, -0.25) is 4.79 Å². The zero-order valence-electron chi connectivity index (χ0n) is 13.7. The van der Waals surface area contributed by atoms with Crippen LogP contribution in [0.1, 0.15) is 6.92 Å². The maximum atomic E-state index is 12.4. The number of fused-ring (bicyclic) bond motifs is 1. The number of rotatable bonds is 5. The second kappa shape index (κ2) is 7.12. The highest BCUT2D eigenvalue weighted by Gasteiger charge is 2.17. The van der Waals surface area contributed by atoms with Gasteiger partial charge in [0.05, 0.1) is 12.8 Å². The van der Waals surface area contributed by atoms with Crippen molar-refractivity contribution >= 4 is 17.3 Å². The molecule has 0 unspecified atom stereocenters.